The van der Waals surface area contributed by atoms with Gasteiger partial charge in [-0.15, -0.1) is 0 Å². The van der Waals surface area contributed by atoms with Gasteiger partial charge in [0.05, 0.1) is 6.04 Å². The number of hydrogen-bond donors (Lipinski definition) is 1. The number of benzene rings is 2. The minimum absolute atomic E-state index is 0.0780. The van der Waals surface area contributed by atoms with Crippen molar-refractivity contribution >= 4 is 0 Å². The molecule has 0 saturated carbocycles. The molecule has 0 amide bonds. The highest BCUT2D eigenvalue weighted by molar-refractivity contribution is 5.33. The standard InChI is InChI=1S/C18H22FNO/c1-12-5-6-13(2)16(9-12)18(20-4)11-21-15-8-7-14(3)17(19)10-15/h5-10,18,20H,11H2,1-4H3. The van der Waals surface area contributed by atoms with Crippen LogP contribution in [0.5, 0.6) is 5.75 Å². The summed E-state index contributed by atoms with van der Waals surface area (Å²) in [5.74, 6) is 0.323. The maximum atomic E-state index is 13.5. The third kappa shape index (κ3) is 3.82. The van der Waals surface area contributed by atoms with E-state index in [0.717, 1.165) is 0 Å². The first kappa shape index (κ1) is 15.5. The van der Waals surface area contributed by atoms with Crippen LogP contribution in [0.2, 0.25) is 0 Å². The molecular formula is C18H22FNO. The van der Waals surface area contributed by atoms with Crippen LogP contribution < -0.4 is 10.1 Å². The summed E-state index contributed by atoms with van der Waals surface area (Å²) in [4.78, 5) is 0. The van der Waals surface area contributed by atoms with Gasteiger partial charge in [-0.2, -0.15) is 0 Å². The smallest absolute Gasteiger partial charge is 0.129 e. The van der Waals surface area contributed by atoms with Crippen molar-refractivity contribution in [1.82, 2.24) is 5.32 Å². The number of likely N-dealkylation sites (N-methyl/N-ethyl adjacent to an activating group) is 1. The van der Waals surface area contributed by atoms with Crippen molar-refractivity contribution in [3.05, 3.63) is 64.5 Å². The Morgan fingerprint density at radius 3 is 2.43 bits per heavy atom. The number of ether oxygens (including phenoxy) is 1. The van der Waals surface area contributed by atoms with Gasteiger partial charge in [-0.3, -0.25) is 0 Å². The lowest BCUT2D eigenvalue weighted by Gasteiger charge is -2.20. The molecule has 2 nitrogen and oxygen atoms in total. The highest BCUT2D eigenvalue weighted by atomic mass is 19.1. The van der Waals surface area contributed by atoms with Gasteiger partial charge in [0, 0.05) is 6.07 Å². The van der Waals surface area contributed by atoms with E-state index < -0.39 is 0 Å². The van der Waals surface area contributed by atoms with Gasteiger partial charge in [-0.1, -0.05) is 29.8 Å². The molecule has 2 aromatic rings. The Morgan fingerprint density at radius 2 is 1.76 bits per heavy atom. The third-order valence-electron chi connectivity index (χ3n) is 3.72. The Kier molecular flexibility index (Phi) is 4.97. The number of halogens is 1. The van der Waals surface area contributed by atoms with Crippen molar-refractivity contribution in [2.45, 2.75) is 26.8 Å². The molecule has 0 aliphatic rings. The molecule has 0 spiro atoms. The fourth-order valence-corrected chi connectivity index (χ4v) is 2.31. The lowest BCUT2D eigenvalue weighted by atomic mass is 9.99. The SMILES string of the molecule is CNC(COc1ccc(C)c(F)c1)c1cc(C)ccc1C. The van der Waals surface area contributed by atoms with Gasteiger partial charge in [0.25, 0.3) is 0 Å². The summed E-state index contributed by atoms with van der Waals surface area (Å²) >= 11 is 0. The Hall–Kier alpha value is -1.87. The molecule has 0 aliphatic carbocycles. The van der Waals surface area contributed by atoms with Crippen LogP contribution >= 0.6 is 0 Å². The maximum absolute atomic E-state index is 13.5. The van der Waals surface area contributed by atoms with Crippen LogP contribution in [0.1, 0.15) is 28.3 Å². The van der Waals surface area contributed by atoms with Gasteiger partial charge in [-0.05, 0) is 50.6 Å². The quantitative estimate of drug-likeness (QED) is 0.894. The van der Waals surface area contributed by atoms with Crippen LogP contribution in [0.15, 0.2) is 36.4 Å². The zero-order valence-electron chi connectivity index (χ0n) is 13.0. The first-order chi connectivity index (χ1) is 10.0. The van der Waals surface area contributed by atoms with E-state index >= 15 is 0 Å². The van der Waals surface area contributed by atoms with E-state index in [1.165, 1.54) is 22.8 Å². The molecule has 0 aromatic heterocycles. The average molecular weight is 287 g/mol. The lowest BCUT2D eigenvalue weighted by molar-refractivity contribution is 0.271. The van der Waals surface area contributed by atoms with E-state index in [9.17, 15) is 4.39 Å². The molecule has 0 aliphatic heterocycles. The molecule has 0 saturated heterocycles. The Labute approximate surface area is 126 Å². The van der Waals surface area contributed by atoms with Gasteiger partial charge < -0.3 is 10.1 Å². The lowest BCUT2D eigenvalue weighted by Crippen LogP contribution is -2.24. The second-order valence-electron chi connectivity index (χ2n) is 5.42. The molecule has 1 atom stereocenters. The summed E-state index contributed by atoms with van der Waals surface area (Å²) in [6.07, 6.45) is 0. The van der Waals surface area contributed by atoms with Crippen LogP contribution in [0.4, 0.5) is 4.39 Å². The van der Waals surface area contributed by atoms with Crippen molar-refractivity contribution in [2.24, 2.45) is 0 Å². The second kappa shape index (κ2) is 6.72. The normalized spacial score (nSPS) is 12.2. The average Bonchev–Trinajstić information content (AvgIpc) is 2.46. The summed E-state index contributed by atoms with van der Waals surface area (Å²) < 4.78 is 19.3. The fourth-order valence-electron chi connectivity index (χ4n) is 2.31. The monoisotopic (exact) mass is 287 g/mol. The number of hydrogen-bond acceptors (Lipinski definition) is 2. The van der Waals surface area contributed by atoms with Crippen molar-refractivity contribution in [3.8, 4) is 5.75 Å². The van der Waals surface area contributed by atoms with Crippen LogP contribution in [0.25, 0.3) is 0 Å². The van der Waals surface area contributed by atoms with Crippen molar-refractivity contribution in [1.29, 1.82) is 0 Å². The van der Waals surface area contributed by atoms with Crippen molar-refractivity contribution in [3.63, 3.8) is 0 Å². The summed E-state index contributed by atoms with van der Waals surface area (Å²) in [6, 6.07) is 11.4. The van der Waals surface area contributed by atoms with E-state index in [4.69, 9.17) is 4.74 Å². The molecule has 0 heterocycles. The van der Waals surface area contributed by atoms with Crippen LogP contribution in [-0.4, -0.2) is 13.7 Å². The molecule has 2 aromatic carbocycles. The Bertz CT molecular complexity index is 625. The first-order valence-electron chi connectivity index (χ1n) is 7.14. The largest absolute Gasteiger partial charge is 0.492 e. The van der Waals surface area contributed by atoms with Crippen molar-refractivity contribution in [2.75, 3.05) is 13.7 Å². The van der Waals surface area contributed by atoms with E-state index in [0.29, 0.717) is 17.9 Å². The highest BCUT2D eigenvalue weighted by Crippen LogP contribution is 2.22. The van der Waals surface area contributed by atoms with E-state index in [2.05, 4.69) is 37.4 Å². The van der Waals surface area contributed by atoms with Gasteiger partial charge in [-0.25, -0.2) is 4.39 Å². The minimum Gasteiger partial charge on any atom is -0.492 e. The second-order valence-corrected chi connectivity index (χ2v) is 5.42. The molecule has 0 bridgehead atoms. The topological polar surface area (TPSA) is 21.3 Å². The predicted octanol–water partition coefficient (Wildman–Crippen LogP) is 4.09. The van der Waals surface area contributed by atoms with Gasteiger partial charge in [0.2, 0.25) is 0 Å². The molecular weight excluding hydrogens is 265 g/mol. The van der Waals surface area contributed by atoms with E-state index in [-0.39, 0.29) is 11.9 Å². The summed E-state index contributed by atoms with van der Waals surface area (Å²) in [5, 5.41) is 3.26. The number of aryl methyl sites for hydroxylation is 3. The predicted molar refractivity (Wildman–Crippen MR) is 84.3 cm³/mol. The molecule has 0 fully saturated rings. The van der Waals surface area contributed by atoms with Gasteiger partial charge >= 0.3 is 0 Å². The Morgan fingerprint density at radius 1 is 1.05 bits per heavy atom. The van der Waals surface area contributed by atoms with Crippen molar-refractivity contribution < 1.29 is 9.13 Å². The van der Waals surface area contributed by atoms with Crippen LogP contribution in [0, 0.1) is 26.6 Å². The third-order valence-corrected chi connectivity index (χ3v) is 3.72. The number of nitrogens with one attached hydrogen (secondary N) is 1. The molecule has 0 radical (unpaired) electrons. The van der Waals surface area contributed by atoms with Gasteiger partial charge in [0.15, 0.2) is 0 Å². The highest BCUT2D eigenvalue weighted by Gasteiger charge is 2.13. The van der Waals surface area contributed by atoms with Crippen LogP contribution in [-0.2, 0) is 0 Å². The van der Waals surface area contributed by atoms with Gasteiger partial charge in [0.1, 0.15) is 18.2 Å². The first-order valence-corrected chi connectivity index (χ1v) is 7.14. The molecule has 1 unspecified atom stereocenters. The molecule has 1 N–H and O–H groups in total. The molecule has 3 heteroatoms. The fraction of sp³-hybridized carbons (Fsp3) is 0.333. The molecule has 2 rings (SSSR count). The summed E-state index contributed by atoms with van der Waals surface area (Å²) in [7, 11) is 1.91. The van der Waals surface area contributed by atoms with Crippen LogP contribution in [0.3, 0.4) is 0 Å². The summed E-state index contributed by atoms with van der Waals surface area (Å²) in [6.45, 7) is 6.37. The zero-order chi connectivity index (χ0) is 15.4. The Balaban J connectivity index is 2.12. The van der Waals surface area contributed by atoms with E-state index in [1.807, 2.05) is 7.05 Å². The maximum Gasteiger partial charge on any atom is 0.129 e. The zero-order valence-corrected chi connectivity index (χ0v) is 13.0. The number of rotatable bonds is 5. The minimum atomic E-state index is -0.236. The van der Waals surface area contributed by atoms with E-state index in [1.54, 1.807) is 19.1 Å². The summed E-state index contributed by atoms with van der Waals surface area (Å²) in [5.41, 5.74) is 4.28. The molecule has 21 heavy (non-hydrogen) atoms. The molecule has 112 valence electrons.